The minimum Gasteiger partial charge on any atom is -0.462 e. The van der Waals surface area contributed by atoms with Gasteiger partial charge in [-0.1, -0.05) is 0 Å². The van der Waals surface area contributed by atoms with E-state index >= 15 is 0 Å². The van der Waals surface area contributed by atoms with Gasteiger partial charge in [-0.25, -0.2) is 9.78 Å². The van der Waals surface area contributed by atoms with Crippen molar-refractivity contribution in [2.75, 3.05) is 13.2 Å². The molecule has 0 radical (unpaired) electrons. The fraction of sp³-hybridized carbons (Fsp3) is 0.400. The molecule has 1 N–H and O–H groups in total. The number of esters is 1. The number of rotatable bonds is 7. The summed E-state index contributed by atoms with van der Waals surface area (Å²) in [6.45, 7) is 5.76. The molecule has 0 spiro atoms. The first-order chi connectivity index (χ1) is 10.2. The lowest BCUT2D eigenvalue weighted by Gasteiger charge is -2.05. The second-order valence-electron chi connectivity index (χ2n) is 4.57. The van der Waals surface area contributed by atoms with Crippen molar-refractivity contribution < 1.29 is 9.53 Å². The third-order valence-electron chi connectivity index (χ3n) is 3.01. The second kappa shape index (κ2) is 7.85. The predicted molar refractivity (Wildman–Crippen MR) is 82.5 cm³/mol. The summed E-state index contributed by atoms with van der Waals surface area (Å²) in [6, 6.07) is 2.04. The van der Waals surface area contributed by atoms with Gasteiger partial charge in [0.2, 0.25) is 0 Å². The Labute approximate surface area is 128 Å². The summed E-state index contributed by atoms with van der Waals surface area (Å²) in [5.74, 6) is -0.298. The molecular formula is C15H19N3O2S. The van der Waals surface area contributed by atoms with E-state index in [9.17, 15) is 4.79 Å². The van der Waals surface area contributed by atoms with Crippen LogP contribution in [0.4, 0.5) is 0 Å². The maximum atomic E-state index is 11.5. The summed E-state index contributed by atoms with van der Waals surface area (Å²) < 4.78 is 4.94. The molecule has 6 heteroatoms. The third-order valence-corrected chi connectivity index (χ3v) is 3.99. The molecule has 0 unspecified atom stereocenters. The predicted octanol–water partition coefficient (Wildman–Crippen LogP) is 2.36. The van der Waals surface area contributed by atoms with Gasteiger partial charge in [0.25, 0.3) is 0 Å². The van der Waals surface area contributed by atoms with Gasteiger partial charge in [0.05, 0.1) is 12.8 Å². The molecule has 0 atom stereocenters. The van der Waals surface area contributed by atoms with Crippen molar-refractivity contribution in [1.82, 2.24) is 15.3 Å². The van der Waals surface area contributed by atoms with Gasteiger partial charge in [-0.15, -0.1) is 11.3 Å². The van der Waals surface area contributed by atoms with Crippen molar-refractivity contribution in [2.24, 2.45) is 0 Å². The van der Waals surface area contributed by atoms with Crippen LogP contribution in [0, 0.1) is 6.92 Å². The molecule has 0 aliphatic carbocycles. The Bertz CT molecular complexity index is 598. The van der Waals surface area contributed by atoms with Crippen LogP contribution in [-0.2, 0) is 17.7 Å². The van der Waals surface area contributed by atoms with Crippen LogP contribution < -0.4 is 5.32 Å². The number of ether oxygens (including phenoxy) is 1. The van der Waals surface area contributed by atoms with Gasteiger partial charge < -0.3 is 10.1 Å². The third kappa shape index (κ3) is 4.61. The summed E-state index contributed by atoms with van der Waals surface area (Å²) in [5.41, 5.74) is 2.50. The van der Waals surface area contributed by atoms with Gasteiger partial charge in [-0.05, 0) is 44.0 Å². The number of hydrogen-bond acceptors (Lipinski definition) is 6. The molecule has 0 aliphatic heterocycles. The fourth-order valence-electron chi connectivity index (χ4n) is 1.89. The SMILES string of the molecule is CCOC(=O)c1cnc(CNCCc2ccncc2C)s1. The molecule has 2 rings (SSSR count). The smallest absolute Gasteiger partial charge is 0.349 e. The van der Waals surface area contributed by atoms with Crippen molar-refractivity contribution in [3.8, 4) is 0 Å². The standard InChI is InChI=1S/C15H19N3O2S/c1-3-20-15(19)13-9-18-14(21-13)10-17-7-5-12-4-6-16-8-11(12)2/h4,6,8-9,17H,3,5,7,10H2,1-2H3. The molecule has 0 aliphatic rings. The minimum atomic E-state index is -0.298. The van der Waals surface area contributed by atoms with Crippen LogP contribution in [0.3, 0.4) is 0 Å². The summed E-state index contributed by atoms with van der Waals surface area (Å²) in [6.07, 6.45) is 6.22. The number of pyridine rings is 1. The van der Waals surface area contributed by atoms with E-state index in [0.29, 0.717) is 18.0 Å². The number of thiazole rings is 1. The zero-order valence-corrected chi connectivity index (χ0v) is 13.1. The Morgan fingerprint density at radius 2 is 2.29 bits per heavy atom. The highest BCUT2D eigenvalue weighted by molar-refractivity contribution is 7.13. The topological polar surface area (TPSA) is 64.1 Å². The first kappa shape index (κ1) is 15.6. The van der Waals surface area contributed by atoms with Gasteiger partial charge in [-0.3, -0.25) is 4.98 Å². The Balaban J connectivity index is 1.76. The first-order valence-corrected chi connectivity index (χ1v) is 7.74. The number of aryl methyl sites for hydroxylation is 1. The number of aromatic nitrogens is 2. The average Bonchev–Trinajstić information content (AvgIpc) is 2.94. The molecule has 112 valence electrons. The van der Waals surface area contributed by atoms with Gasteiger partial charge in [0.15, 0.2) is 0 Å². The van der Waals surface area contributed by atoms with E-state index in [2.05, 4.69) is 22.2 Å². The highest BCUT2D eigenvalue weighted by atomic mass is 32.1. The van der Waals surface area contributed by atoms with Gasteiger partial charge in [0.1, 0.15) is 9.88 Å². The van der Waals surface area contributed by atoms with Crippen LogP contribution >= 0.6 is 11.3 Å². The number of carbonyl (C=O) groups is 1. The Morgan fingerprint density at radius 3 is 3.05 bits per heavy atom. The van der Waals surface area contributed by atoms with Crippen LogP contribution in [0.1, 0.15) is 32.7 Å². The van der Waals surface area contributed by atoms with Crippen molar-refractivity contribution in [3.63, 3.8) is 0 Å². The van der Waals surface area contributed by atoms with Crippen LogP contribution in [0.2, 0.25) is 0 Å². The largest absolute Gasteiger partial charge is 0.462 e. The van der Waals surface area contributed by atoms with Crippen molar-refractivity contribution in [2.45, 2.75) is 26.8 Å². The minimum absolute atomic E-state index is 0.298. The van der Waals surface area contributed by atoms with E-state index in [1.807, 2.05) is 18.5 Å². The zero-order chi connectivity index (χ0) is 15.1. The maximum absolute atomic E-state index is 11.5. The highest BCUT2D eigenvalue weighted by Crippen LogP contribution is 2.14. The molecule has 0 aromatic carbocycles. The molecule has 2 aromatic rings. The molecule has 0 saturated carbocycles. The summed E-state index contributed by atoms with van der Waals surface area (Å²) in [5, 5.41) is 4.23. The average molecular weight is 305 g/mol. The van der Waals surface area contributed by atoms with Crippen LogP contribution in [0.25, 0.3) is 0 Å². The molecule has 21 heavy (non-hydrogen) atoms. The Morgan fingerprint density at radius 1 is 1.43 bits per heavy atom. The first-order valence-electron chi connectivity index (χ1n) is 6.92. The number of hydrogen-bond donors (Lipinski definition) is 1. The zero-order valence-electron chi connectivity index (χ0n) is 12.3. The Hall–Kier alpha value is -1.79. The maximum Gasteiger partial charge on any atom is 0.349 e. The van der Waals surface area contributed by atoms with Crippen molar-refractivity contribution in [3.05, 3.63) is 45.7 Å². The van der Waals surface area contributed by atoms with Crippen molar-refractivity contribution in [1.29, 1.82) is 0 Å². The summed E-state index contributed by atoms with van der Waals surface area (Å²) >= 11 is 1.37. The van der Waals surface area contributed by atoms with Gasteiger partial charge >= 0.3 is 5.97 Å². The van der Waals surface area contributed by atoms with E-state index in [1.165, 1.54) is 22.5 Å². The molecule has 2 heterocycles. The van der Waals surface area contributed by atoms with Crippen LogP contribution in [-0.4, -0.2) is 29.1 Å². The lowest BCUT2D eigenvalue weighted by atomic mass is 10.1. The highest BCUT2D eigenvalue weighted by Gasteiger charge is 2.10. The molecule has 2 aromatic heterocycles. The van der Waals surface area contributed by atoms with E-state index in [1.54, 1.807) is 13.1 Å². The second-order valence-corrected chi connectivity index (χ2v) is 5.68. The molecule has 0 fully saturated rings. The lowest BCUT2D eigenvalue weighted by Crippen LogP contribution is -2.16. The molecular weight excluding hydrogens is 286 g/mol. The molecule has 0 bridgehead atoms. The van der Waals surface area contributed by atoms with E-state index in [-0.39, 0.29) is 5.97 Å². The summed E-state index contributed by atoms with van der Waals surface area (Å²) in [7, 11) is 0. The molecule has 5 nitrogen and oxygen atoms in total. The van der Waals surface area contributed by atoms with Gasteiger partial charge in [0, 0.05) is 18.9 Å². The quantitative estimate of drug-likeness (QED) is 0.628. The monoisotopic (exact) mass is 305 g/mol. The van der Waals surface area contributed by atoms with Crippen LogP contribution in [0.5, 0.6) is 0 Å². The van der Waals surface area contributed by atoms with E-state index in [4.69, 9.17) is 4.74 Å². The summed E-state index contributed by atoms with van der Waals surface area (Å²) in [4.78, 5) is 20.4. The van der Waals surface area contributed by atoms with Gasteiger partial charge in [-0.2, -0.15) is 0 Å². The fourth-order valence-corrected chi connectivity index (χ4v) is 2.67. The number of nitrogens with one attached hydrogen (secondary N) is 1. The van der Waals surface area contributed by atoms with Crippen molar-refractivity contribution >= 4 is 17.3 Å². The normalized spacial score (nSPS) is 10.6. The number of carbonyl (C=O) groups excluding carboxylic acids is 1. The van der Waals surface area contributed by atoms with E-state index < -0.39 is 0 Å². The number of nitrogens with zero attached hydrogens (tertiary/aromatic N) is 2. The molecule has 0 saturated heterocycles. The van der Waals surface area contributed by atoms with Crippen LogP contribution in [0.15, 0.2) is 24.7 Å². The Kier molecular flexibility index (Phi) is 5.83. The lowest BCUT2D eigenvalue weighted by molar-refractivity contribution is 0.0532. The van der Waals surface area contributed by atoms with E-state index in [0.717, 1.165) is 18.0 Å². The molecule has 0 amide bonds.